The Kier molecular flexibility index (Phi) is 5.70. The molecule has 1 aromatic heterocycles. The van der Waals surface area contributed by atoms with Crippen LogP contribution < -0.4 is 4.74 Å². The van der Waals surface area contributed by atoms with E-state index in [0.29, 0.717) is 12.5 Å². The van der Waals surface area contributed by atoms with E-state index in [0.717, 1.165) is 72.7 Å². The summed E-state index contributed by atoms with van der Waals surface area (Å²) >= 11 is 0. The van der Waals surface area contributed by atoms with Gasteiger partial charge < -0.3 is 9.84 Å². The Bertz CT molecular complexity index is 1130. The third-order valence-electron chi connectivity index (χ3n) is 6.10. The maximum atomic E-state index is 12.4. The normalized spacial score (nSPS) is 16.8. The summed E-state index contributed by atoms with van der Waals surface area (Å²) in [6, 6.07) is 13.2. The van der Waals surface area contributed by atoms with E-state index in [4.69, 9.17) is 9.97 Å². The van der Waals surface area contributed by atoms with Crippen molar-refractivity contribution in [2.75, 3.05) is 13.1 Å². The highest BCUT2D eigenvalue weighted by atomic mass is 19.4. The Labute approximate surface area is 189 Å². The maximum Gasteiger partial charge on any atom is 0.573 e. The van der Waals surface area contributed by atoms with Gasteiger partial charge in [-0.3, -0.25) is 4.90 Å². The number of hydrogen-bond donors (Lipinski definition) is 1. The van der Waals surface area contributed by atoms with Crippen LogP contribution >= 0.6 is 0 Å². The molecule has 2 heterocycles. The predicted octanol–water partition coefficient (Wildman–Crippen LogP) is 5.23. The van der Waals surface area contributed by atoms with Gasteiger partial charge in [-0.15, -0.1) is 13.2 Å². The molecular formula is C25H24F3N3O2. The number of nitrogens with zero attached hydrogens (tertiary/aromatic N) is 3. The van der Waals surface area contributed by atoms with Crippen molar-refractivity contribution in [3.8, 4) is 22.8 Å². The molecule has 0 bridgehead atoms. The SMILES string of the molecule is Oc1ccc(-c2nc(C3CC3)nc3c2CCN(Cc2ccc(OC(F)(F)F)cc2)CC3)cc1. The number of alkyl halides is 3. The molecule has 0 saturated heterocycles. The minimum absolute atomic E-state index is 0.212. The van der Waals surface area contributed by atoms with Gasteiger partial charge in [0.2, 0.25) is 0 Å². The fourth-order valence-corrected chi connectivity index (χ4v) is 4.26. The highest BCUT2D eigenvalue weighted by Crippen LogP contribution is 2.40. The molecule has 172 valence electrons. The summed E-state index contributed by atoms with van der Waals surface area (Å²) < 4.78 is 41.1. The van der Waals surface area contributed by atoms with Crippen molar-refractivity contribution < 1.29 is 23.0 Å². The number of halogens is 3. The van der Waals surface area contributed by atoms with Crippen molar-refractivity contribution in [1.29, 1.82) is 0 Å². The molecule has 8 heteroatoms. The number of benzene rings is 2. The van der Waals surface area contributed by atoms with Crippen molar-refractivity contribution in [3.05, 3.63) is 71.2 Å². The topological polar surface area (TPSA) is 58.5 Å². The minimum atomic E-state index is -4.69. The van der Waals surface area contributed by atoms with E-state index in [2.05, 4.69) is 9.64 Å². The van der Waals surface area contributed by atoms with Crippen LogP contribution in [0.4, 0.5) is 13.2 Å². The molecule has 0 amide bonds. The zero-order valence-corrected chi connectivity index (χ0v) is 18.0. The van der Waals surface area contributed by atoms with E-state index in [1.165, 1.54) is 12.1 Å². The number of aromatic hydroxyl groups is 1. The summed E-state index contributed by atoms with van der Waals surface area (Å²) in [5, 5.41) is 9.68. The van der Waals surface area contributed by atoms with Crippen molar-refractivity contribution >= 4 is 0 Å². The van der Waals surface area contributed by atoms with Crippen LogP contribution in [-0.2, 0) is 19.4 Å². The molecule has 0 spiro atoms. The van der Waals surface area contributed by atoms with E-state index < -0.39 is 6.36 Å². The lowest BCUT2D eigenvalue weighted by molar-refractivity contribution is -0.274. The first kappa shape index (κ1) is 21.7. The molecule has 2 aliphatic rings. The molecule has 5 nitrogen and oxygen atoms in total. The van der Waals surface area contributed by atoms with Gasteiger partial charge in [0.25, 0.3) is 0 Å². The Morgan fingerprint density at radius 2 is 1.64 bits per heavy atom. The molecule has 1 aliphatic heterocycles. The molecular weight excluding hydrogens is 431 g/mol. The van der Waals surface area contributed by atoms with Gasteiger partial charge in [0.1, 0.15) is 17.3 Å². The largest absolute Gasteiger partial charge is 0.573 e. The summed E-state index contributed by atoms with van der Waals surface area (Å²) in [5.74, 6) is 1.35. The highest BCUT2D eigenvalue weighted by Gasteiger charge is 2.31. The monoisotopic (exact) mass is 455 g/mol. The van der Waals surface area contributed by atoms with Crippen molar-refractivity contribution in [1.82, 2.24) is 14.9 Å². The first-order valence-corrected chi connectivity index (χ1v) is 11.1. The van der Waals surface area contributed by atoms with E-state index in [-0.39, 0.29) is 11.5 Å². The van der Waals surface area contributed by atoms with Gasteiger partial charge in [0.05, 0.1) is 5.69 Å². The molecule has 1 fully saturated rings. The Morgan fingerprint density at radius 3 is 2.30 bits per heavy atom. The minimum Gasteiger partial charge on any atom is -0.508 e. The maximum absolute atomic E-state index is 12.4. The molecule has 33 heavy (non-hydrogen) atoms. The second kappa shape index (κ2) is 8.67. The molecule has 5 rings (SSSR count). The standard InChI is InChI=1S/C25H24F3N3O2/c26-25(27,28)33-20-9-1-16(2-10-20)15-31-13-11-21-22(12-14-31)29-24(18-3-4-18)30-23(21)17-5-7-19(32)8-6-17/h1-2,5-10,18,32H,3-4,11-15H2. The van der Waals surface area contributed by atoms with Crippen molar-refractivity contribution in [3.63, 3.8) is 0 Å². The number of rotatable bonds is 5. The molecule has 1 saturated carbocycles. The van der Waals surface area contributed by atoms with Gasteiger partial charge in [0, 0.05) is 48.8 Å². The molecule has 0 atom stereocenters. The molecule has 3 aromatic rings. The van der Waals surface area contributed by atoms with Crippen LogP contribution in [0.1, 0.15) is 41.4 Å². The Morgan fingerprint density at radius 1 is 0.939 bits per heavy atom. The smallest absolute Gasteiger partial charge is 0.508 e. The second-order valence-corrected chi connectivity index (χ2v) is 8.64. The third-order valence-corrected chi connectivity index (χ3v) is 6.10. The number of phenolic OH excluding ortho intramolecular Hbond substituents is 1. The summed E-state index contributed by atoms with van der Waals surface area (Å²) in [4.78, 5) is 12.1. The van der Waals surface area contributed by atoms with Crippen LogP contribution in [-0.4, -0.2) is 39.4 Å². The van der Waals surface area contributed by atoms with Crippen LogP contribution in [0.25, 0.3) is 11.3 Å². The summed E-state index contributed by atoms with van der Waals surface area (Å²) in [6.45, 7) is 2.24. The molecule has 1 N–H and O–H groups in total. The number of fused-ring (bicyclic) bond motifs is 1. The van der Waals surface area contributed by atoms with Gasteiger partial charge >= 0.3 is 6.36 Å². The first-order chi connectivity index (χ1) is 15.8. The lowest BCUT2D eigenvalue weighted by atomic mass is 10.0. The van der Waals surface area contributed by atoms with Crippen LogP contribution in [0.15, 0.2) is 48.5 Å². The van der Waals surface area contributed by atoms with E-state index >= 15 is 0 Å². The fourth-order valence-electron chi connectivity index (χ4n) is 4.26. The Hall–Kier alpha value is -3.13. The highest BCUT2D eigenvalue weighted by molar-refractivity contribution is 5.65. The summed E-state index contributed by atoms with van der Waals surface area (Å²) in [5.41, 5.74) is 5.06. The van der Waals surface area contributed by atoms with Crippen LogP contribution in [0.5, 0.6) is 11.5 Å². The fraction of sp³-hybridized carbons (Fsp3) is 0.360. The predicted molar refractivity (Wildman–Crippen MR) is 117 cm³/mol. The van der Waals surface area contributed by atoms with E-state index in [1.54, 1.807) is 24.3 Å². The number of phenols is 1. The quantitative estimate of drug-likeness (QED) is 0.571. The van der Waals surface area contributed by atoms with Crippen molar-refractivity contribution in [2.45, 2.75) is 44.5 Å². The lowest BCUT2D eigenvalue weighted by Gasteiger charge is -2.20. The molecule has 0 unspecified atom stereocenters. The molecule has 1 aliphatic carbocycles. The summed E-state index contributed by atoms with van der Waals surface area (Å²) in [7, 11) is 0. The van der Waals surface area contributed by atoms with E-state index in [1.807, 2.05) is 12.1 Å². The average Bonchev–Trinajstić information content (AvgIpc) is 3.62. The average molecular weight is 455 g/mol. The van der Waals surface area contributed by atoms with E-state index in [9.17, 15) is 18.3 Å². The summed E-state index contributed by atoms with van der Waals surface area (Å²) in [6.07, 6.45) is -0.876. The van der Waals surface area contributed by atoms with Crippen LogP contribution in [0.3, 0.4) is 0 Å². The molecule has 2 aromatic carbocycles. The van der Waals surface area contributed by atoms with Gasteiger partial charge in [-0.2, -0.15) is 0 Å². The Balaban J connectivity index is 1.34. The van der Waals surface area contributed by atoms with Gasteiger partial charge in [-0.25, -0.2) is 9.97 Å². The van der Waals surface area contributed by atoms with Crippen LogP contribution in [0, 0.1) is 0 Å². The first-order valence-electron chi connectivity index (χ1n) is 11.1. The number of ether oxygens (including phenoxy) is 1. The van der Waals surface area contributed by atoms with Gasteiger partial charge in [-0.1, -0.05) is 12.1 Å². The zero-order chi connectivity index (χ0) is 23.0. The van der Waals surface area contributed by atoms with Crippen molar-refractivity contribution in [2.24, 2.45) is 0 Å². The third kappa shape index (κ3) is 5.27. The van der Waals surface area contributed by atoms with Gasteiger partial charge in [0.15, 0.2) is 0 Å². The number of aromatic nitrogens is 2. The second-order valence-electron chi connectivity index (χ2n) is 8.64. The zero-order valence-electron chi connectivity index (χ0n) is 18.0. The number of hydrogen-bond acceptors (Lipinski definition) is 5. The van der Waals surface area contributed by atoms with Gasteiger partial charge in [-0.05, 0) is 61.2 Å². The van der Waals surface area contributed by atoms with Crippen LogP contribution in [0.2, 0.25) is 0 Å². The molecule has 0 radical (unpaired) electrons. The lowest BCUT2D eigenvalue weighted by Crippen LogP contribution is -2.26.